The van der Waals surface area contributed by atoms with Crippen molar-refractivity contribution < 1.29 is 4.79 Å². The Bertz CT molecular complexity index is 1080. The number of nitrogens with zero attached hydrogens (tertiary/aromatic N) is 3. The van der Waals surface area contributed by atoms with Gasteiger partial charge in [0.25, 0.3) is 5.91 Å². The predicted octanol–water partition coefficient (Wildman–Crippen LogP) is 4.20. The summed E-state index contributed by atoms with van der Waals surface area (Å²) in [4.78, 5) is 19.3. The third kappa shape index (κ3) is 4.81. The number of benzene rings is 2. The maximum atomic E-state index is 12.5. The quantitative estimate of drug-likeness (QED) is 0.673. The number of amides is 1. The molecule has 0 fully saturated rings. The van der Waals surface area contributed by atoms with Crippen molar-refractivity contribution in [2.45, 2.75) is 25.4 Å². The Balaban J connectivity index is 1.81. The van der Waals surface area contributed by atoms with Gasteiger partial charge in [0, 0.05) is 35.6 Å². The van der Waals surface area contributed by atoms with Crippen LogP contribution in [0.4, 0.5) is 5.69 Å². The average molecular weight is 414 g/mol. The molecule has 1 aromatic heterocycles. The van der Waals surface area contributed by atoms with E-state index in [4.69, 9.17) is 0 Å². The van der Waals surface area contributed by atoms with Crippen molar-refractivity contribution in [2.75, 3.05) is 19.4 Å². The molecule has 1 aliphatic rings. The molecular formula is C25H27N5O. The normalized spacial score (nSPS) is 18.7. The molecule has 4 rings (SSSR count). The van der Waals surface area contributed by atoms with Gasteiger partial charge in [-0.15, -0.1) is 0 Å². The Morgan fingerprint density at radius 2 is 1.81 bits per heavy atom. The van der Waals surface area contributed by atoms with Crippen molar-refractivity contribution in [3.05, 3.63) is 95.3 Å². The van der Waals surface area contributed by atoms with Crippen LogP contribution in [0, 0.1) is 0 Å². The third-order valence-corrected chi connectivity index (χ3v) is 5.41. The maximum Gasteiger partial charge on any atom is 0.271 e. The fourth-order valence-corrected chi connectivity index (χ4v) is 3.96. The minimum atomic E-state index is -0.223. The van der Waals surface area contributed by atoms with Gasteiger partial charge in [0.05, 0.1) is 11.7 Å². The molecule has 31 heavy (non-hydrogen) atoms. The van der Waals surface area contributed by atoms with Crippen molar-refractivity contribution in [1.82, 2.24) is 15.3 Å². The Hall–Kier alpha value is -3.51. The Morgan fingerprint density at radius 3 is 2.52 bits per heavy atom. The van der Waals surface area contributed by atoms with Gasteiger partial charge < -0.3 is 10.2 Å². The lowest BCUT2D eigenvalue weighted by Gasteiger charge is -2.30. The highest BCUT2D eigenvalue weighted by atomic mass is 16.2. The fourth-order valence-electron chi connectivity index (χ4n) is 3.96. The largest absolute Gasteiger partial charge is 0.376 e. The van der Waals surface area contributed by atoms with Crippen molar-refractivity contribution in [3.8, 4) is 0 Å². The highest BCUT2D eigenvalue weighted by molar-refractivity contribution is 5.97. The van der Waals surface area contributed by atoms with Gasteiger partial charge in [-0.25, -0.2) is 5.43 Å². The van der Waals surface area contributed by atoms with Crippen LogP contribution in [0.3, 0.4) is 0 Å². The lowest BCUT2D eigenvalue weighted by Crippen LogP contribution is -2.29. The monoisotopic (exact) mass is 413 g/mol. The zero-order valence-electron chi connectivity index (χ0n) is 18.0. The van der Waals surface area contributed by atoms with Crippen molar-refractivity contribution in [2.24, 2.45) is 5.10 Å². The molecule has 2 heterocycles. The topological polar surface area (TPSA) is 69.6 Å². The molecule has 6 nitrogen and oxygen atoms in total. The van der Waals surface area contributed by atoms with Gasteiger partial charge in [0.15, 0.2) is 0 Å². The standard InChI is InChI=1S/C25H27N5O/c1-17-23(19-12-10-18(11-13-19)16-30(2)3)24(22-9-4-5-14-26-22)27-21-8-6-7-20(15-21)25(31)29-28-17/h4-15,23-24,27H,16H2,1-3H3,(H,29,31). The summed E-state index contributed by atoms with van der Waals surface area (Å²) in [6.07, 6.45) is 1.80. The molecule has 2 N–H and O–H groups in total. The van der Waals surface area contributed by atoms with E-state index in [1.807, 2.05) is 43.3 Å². The summed E-state index contributed by atoms with van der Waals surface area (Å²) in [5.41, 5.74) is 8.22. The van der Waals surface area contributed by atoms with Crippen LogP contribution in [-0.2, 0) is 6.54 Å². The molecule has 2 unspecified atom stereocenters. The first-order valence-corrected chi connectivity index (χ1v) is 10.4. The van der Waals surface area contributed by atoms with E-state index in [-0.39, 0.29) is 17.9 Å². The van der Waals surface area contributed by atoms with Crippen LogP contribution in [-0.4, -0.2) is 35.6 Å². The smallest absolute Gasteiger partial charge is 0.271 e. The first-order valence-electron chi connectivity index (χ1n) is 10.4. The summed E-state index contributed by atoms with van der Waals surface area (Å²) in [6.45, 7) is 2.83. The molecule has 1 aliphatic heterocycles. The van der Waals surface area contributed by atoms with E-state index in [1.165, 1.54) is 5.56 Å². The van der Waals surface area contributed by atoms with Crippen LogP contribution < -0.4 is 10.7 Å². The zero-order valence-corrected chi connectivity index (χ0v) is 18.0. The molecule has 1 amide bonds. The van der Waals surface area contributed by atoms with E-state index < -0.39 is 0 Å². The van der Waals surface area contributed by atoms with Crippen LogP contribution in [0.25, 0.3) is 0 Å². The Labute approximate surface area is 183 Å². The van der Waals surface area contributed by atoms with Gasteiger partial charge in [-0.3, -0.25) is 9.78 Å². The molecule has 0 saturated heterocycles. The second kappa shape index (κ2) is 9.10. The van der Waals surface area contributed by atoms with Gasteiger partial charge in [0.1, 0.15) is 0 Å². The van der Waals surface area contributed by atoms with Crippen LogP contribution in [0.5, 0.6) is 0 Å². The molecule has 0 aliphatic carbocycles. The second-order valence-corrected chi connectivity index (χ2v) is 8.11. The van der Waals surface area contributed by atoms with Gasteiger partial charge in [-0.2, -0.15) is 5.10 Å². The van der Waals surface area contributed by atoms with E-state index in [9.17, 15) is 4.79 Å². The predicted molar refractivity (Wildman–Crippen MR) is 124 cm³/mol. The van der Waals surface area contributed by atoms with E-state index in [0.717, 1.165) is 29.2 Å². The number of aromatic nitrogens is 1. The first kappa shape index (κ1) is 20.8. The Kier molecular flexibility index (Phi) is 6.09. The minimum absolute atomic E-state index is 0.120. The van der Waals surface area contributed by atoms with Gasteiger partial charge >= 0.3 is 0 Å². The number of rotatable bonds is 4. The van der Waals surface area contributed by atoms with Crippen LogP contribution in [0.2, 0.25) is 0 Å². The van der Waals surface area contributed by atoms with Crippen molar-refractivity contribution >= 4 is 17.3 Å². The number of carbonyl (C=O) groups excluding carboxylic acids is 1. The number of nitrogens with one attached hydrogen (secondary N) is 2. The van der Waals surface area contributed by atoms with Crippen LogP contribution in [0.1, 0.15) is 46.1 Å². The van der Waals surface area contributed by atoms with E-state index >= 15 is 0 Å². The van der Waals surface area contributed by atoms with Crippen molar-refractivity contribution in [1.29, 1.82) is 0 Å². The van der Waals surface area contributed by atoms with Crippen molar-refractivity contribution in [3.63, 3.8) is 0 Å². The minimum Gasteiger partial charge on any atom is -0.376 e. The number of fused-ring (bicyclic) bond motifs is 2. The molecule has 0 radical (unpaired) electrons. The molecule has 2 atom stereocenters. The number of anilines is 1. The molecule has 2 aromatic carbocycles. The lowest BCUT2D eigenvalue weighted by atomic mass is 9.85. The molecule has 158 valence electrons. The summed E-state index contributed by atoms with van der Waals surface area (Å²) >= 11 is 0. The first-order chi connectivity index (χ1) is 15.0. The van der Waals surface area contributed by atoms with E-state index in [0.29, 0.717) is 5.56 Å². The summed E-state index contributed by atoms with van der Waals surface area (Å²) in [6, 6.07) is 21.8. The molecule has 3 aromatic rings. The van der Waals surface area contributed by atoms with Gasteiger partial charge in [0.2, 0.25) is 0 Å². The molecule has 6 heteroatoms. The summed E-state index contributed by atoms with van der Waals surface area (Å²) in [7, 11) is 4.12. The second-order valence-electron chi connectivity index (χ2n) is 8.11. The highest BCUT2D eigenvalue weighted by Gasteiger charge is 2.29. The van der Waals surface area contributed by atoms with Gasteiger partial charge in [-0.1, -0.05) is 36.4 Å². The summed E-state index contributed by atoms with van der Waals surface area (Å²) in [5, 5.41) is 8.08. The summed E-state index contributed by atoms with van der Waals surface area (Å²) < 4.78 is 0. The number of hydrogen-bond donors (Lipinski definition) is 2. The zero-order chi connectivity index (χ0) is 21.8. The average Bonchev–Trinajstić information content (AvgIpc) is 2.78. The summed E-state index contributed by atoms with van der Waals surface area (Å²) in [5.74, 6) is -0.343. The Morgan fingerprint density at radius 1 is 1.00 bits per heavy atom. The van der Waals surface area contributed by atoms with Crippen LogP contribution in [0.15, 0.2) is 78.0 Å². The third-order valence-electron chi connectivity index (χ3n) is 5.41. The number of hydrogen-bond acceptors (Lipinski definition) is 5. The fraction of sp³-hybridized carbons (Fsp3) is 0.240. The number of carbonyl (C=O) groups is 1. The number of pyridine rings is 1. The van der Waals surface area contributed by atoms with E-state index in [2.05, 4.69) is 64.1 Å². The molecular weight excluding hydrogens is 386 g/mol. The van der Waals surface area contributed by atoms with Gasteiger partial charge in [-0.05, 0) is 62.5 Å². The highest BCUT2D eigenvalue weighted by Crippen LogP contribution is 2.35. The molecule has 0 saturated carbocycles. The van der Waals surface area contributed by atoms with Crippen LogP contribution >= 0.6 is 0 Å². The maximum absolute atomic E-state index is 12.5. The van der Waals surface area contributed by atoms with E-state index in [1.54, 1.807) is 12.3 Å². The molecule has 0 spiro atoms. The lowest BCUT2D eigenvalue weighted by molar-refractivity contribution is 0.0954. The molecule has 2 bridgehead atoms. The SMILES string of the molecule is CC1=NNC(=O)c2cccc(c2)NC(c2ccccn2)C1c1ccc(CN(C)C)cc1. The number of hydrazone groups is 1.